The van der Waals surface area contributed by atoms with Crippen LogP contribution in [0.5, 0.6) is 5.75 Å². The van der Waals surface area contributed by atoms with Crippen molar-refractivity contribution in [3.8, 4) is 17.1 Å². The molecule has 1 atom stereocenters. The Bertz CT molecular complexity index is 1370. The molecule has 1 amide bonds. The number of carbonyl (C=O) groups is 1. The number of phenols is 1. The van der Waals surface area contributed by atoms with Crippen LogP contribution >= 0.6 is 11.6 Å². The van der Waals surface area contributed by atoms with Crippen LogP contribution in [0.1, 0.15) is 18.5 Å². The smallest absolute Gasteiger partial charge is 0.257 e. The van der Waals surface area contributed by atoms with E-state index in [1.807, 2.05) is 25.1 Å². The van der Waals surface area contributed by atoms with Gasteiger partial charge in [0.2, 0.25) is 5.95 Å². The van der Waals surface area contributed by atoms with Gasteiger partial charge in [0.1, 0.15) is 17.6 Å². The fraction of sp³-hybridized carbons (Fsp3) is 0.0833. The number of aromatic nitrogens is 4. The minimum atomic E-state index is -0.589. The lowest BCUT2D eigenvalue weighted by Gasteiger charge is -2.28. The van der Waals surface area contributed by atoms with E-state index in [-0.39, 0.29) is 11.7 Å². The summed E-state index contributed by atoms with van der Waals surface area (Å²) in [6, 6.07) is 18.7. The van der Waals surface area contributed by atoms with E-state index in [4.69, 9.17) is 16.7 Å². The van der Waals surface area contributed by atoms with Gasteiger partial charge in [0.25, 0.3) is 5.91 Å². The number of rotatable bonds is 4. The topological polar surface area (TPSA) is 105 Å². The second-order valence-corrected chi connectivity index (χ2v) is 7.92. The molecule has 4 aromatic rings. The highest BCUT2D eigenvalue weighted by molar-refractivity contribution is 6.33. The van der Waals surface area contributed by atoms with Crippen molar-refractivity contribution in [3.05, 3.63) is 94.8 Å². The highest BCUT2D eigenvalue weighted by atomic mass is 35.5. The number of benzene rings is 2. The Morgan fingerprint density at radius 3 is 2.58 bits per heavy atom. The monoisotopic (exact) mass is 458 g/mol. The van der Waals surface area contributed by atoms with E-state index in [0.717, 1.165) is 5.56 Å². The van der Waals surface area contributed by atoms with Crippen molar-refractivity contribution in [2.75, 3.05) is 10.6 Å². The molecule has 1 unspecified atom stereocenters. The van der Waals surface area contributed by atoms with Gasteiger partial charge in [0, 0.05) is 17.5 Å². The molecule has 0 fully saturated rings. The summed E-state index contributed by atoms with van der Waals surface area (Å²) in [6.45, 7) is 1.81. The molecule has 5 rings (SSSR count). The van der Waals surface area contributed by atoms with E-state index in [1.165, 1.54) is 0 Å². The van der Waals surface area contributed by atoms with Crippen molar-refractivity contribution < 1.29 is 9.90 Å². The average molecular weight is 459 g/mol. The van der Waals surface area contributed by atoms with Crippen molar-refractivity contribution >= 4 is 29.3 Å². The van der Waals surface area contributed by atoms with Crippen LogP contribution in [0.2, 0.25) is 5.02 Å². The molecule has 33 heavy (non-hydrogen) atoms. The van der Waals surface area contributed by atoms with Crippen molar-refractivity contribution in [2.45, 2.75) is 13.0 Å². The number of nitrogens with zero attached hydrogens (tertiary/aromatic N) is 4. The molecule has 0 radical (unpaired) electrons. The van der Waals surface area contributed by atoms with Crippen LogP contribution in [-0.2, 0) is 4.79 Å². The summed E-state index contributed by atoms with van der Waals surface area (Å²) in [5.74, 6) is 1.16. The predicted molar refractivity (Wildman–Crippen MR) is 126 cm³/mol. The lowest BCUT2D eigenvalue weighted by atomic mass is 9.95. The van der Waals surface area contributed by atoms with Crippen molar-refractivity contribution in [1.82, 2.24) is 19.7 Å². The van der Waals surface area contributed by atoms with Crippen LogP contribution in [-0.4, -0.2) is 30.8 Å². The first-order valence-electron chi connectivity index (χ1n) is 10.2. The van der Waals surface area contributed by atoms with E-state index in [0.29, 0.717) is 39.4 Å². The van der Waals surface area contributed by atoms with Crippen LogP contribution in [0.25, 0.3) is 11.4 Å². The molecule has 164 valence electrons. The van der Waals surface area contributed by atoms with E-state index in [9.17, 15) is 9.90 Å². The molecule has 1 aliphatic rings. The molecule has 2 aromatic heterocycles. The van der Waals surface area contributed by atoms with Gasteiger partial charge in [0.15, 0.2) is 5.82 Å². The summed E-state index contributed by atoms with van der Waals surface area (Å²) in [6.07, 6.45) is 1.61. The van der Waals surface area contributed by atoms with Crippen LogP contribution in [0, 0.1) is 0 Å². The Labute approximate surface area is 194 Å². The number of allylic oxidation sites excluding steroid dienone is 1. The Morgan fingerprint density at radius 1 is 1.09 bits per heavy atom. The molecule has 0 spiro atoms. The largest absolute Gasteiger partial charge is 0.508 e. The minimum Gasteiger partial charge on any atom is -0.508 e. The van der Waals surface area contributed by atoms with Gasteiger partial charge in [-0.1, -0.05) is 41.9 Å². The maximum absolute atomic E-state index is 13.4. The van der Waals surface area contributed by atoms with E-state index >= 15 is 0 Å². The summed E-state index contributed by atoms with van der Waals surface area (Å²) >= 11 is 6.37. The van der Waals surface area contributed by atoms with E-state index in [2.05, 4.69) is 20.6 Å². The zero-order valence-corrected chi connectivity index (χ0v) is 18.3. The number of phenolic OH excluding ortho intramolecular Hbond substituents is 1. The molecule has 0 saturated carbocycles. The summed E-state index contributed by atoms with van der Waals surface area (Å²) in [5, 5.41) is 21.1. The zero-order valence-electron chi connectivity index (χ0n) is 17.5. The van der Waals surface area contributed by atoms with Gasteiger partial charge in [-0.2, -0.15) is 4.98 Å². The van der Waals surface area contributed by atoms with Crippen molar-refractivity contribution in [1.29, 1.82) is 0 Å². The Morgan fingerprint density at radius 2 is 1.85 bits per heavy atom. The number of hydrogen-bond acceptors (Lipinski definition) is 6. The van der Waals surface area contributed by atoms with Crippen LogP contribution in [0.4, 0.5) is 11.8 Å². The maximum Gasteiger partial charge on any atom is 0.257 e. The number of hydrogen-bond donors (Lipinski definition) is 3. The minimum absolute atomic E-state index is 0.128. The average Bonchev–Trinajstić information content (AvgIpc) is 3.23. The molecule has 2 aromatic carbocycles. The second kappa shape index (κ2) is 8.40. The number of halogens is 1. The molecular weight excluding hydrogens is 440 g/mol. The highest BCUT2D eigenvalue weighted by Crippen LogP contribution is 2.38. The third-order valence-corrected chi connectivity index (χ3v) is 5.66. The molecule has 0 saturated heterocycles. The predicted octanol–water partition coefficient (Wildman–Crippen LogP) is 4.63. The Kier molecular flexibility index (Phi) is 5.27. The summed E-state index contributed by atoms with van der Waals surface area (Å²) in [7, 11) is 0. The normalized spacial score (nSPS) is 15.0. The van der Waals surface area contributed by atoms with Crippen LogP contribution < -0.4 is 10.6 Å². The maximum atomic E-state index is 13.4. The number of pyridine rings is 1. The Balaban J connectivity index is 1.62. The van der Waals surface area contributed by atoms with E-state index < -0.39 is 6.04 Å². The van der Waals surface area contributed by atoms with Crippen molar-refractivity contribution in [3.63, 3.8) is 0 Å². The molecule has 8 nitrogen and oxygen atoms in total. The standard InChI is InChI=1S/C24H19ClN6O2/c1-14-20(23(33)28-19-8-4-5-13-26-19)21(15-9-11-16(32)12-10-15)31-24(27-14)29-22(30-31)17-6-2-3-7-18(17)25/h2-13,21,32H,1H3,(H,26,28,33)(H,27,29,30). The fourth-order valence-corrected chi connectivity index (χ4v) is 4.01. The van der Waals surface area contributed by atoms with Crippen molar-refractivity contribution in [2.24, 2.45) is 0 Å². The van der Waals surface area contributed by atoms with Gasteiger partial charge in [-0.3, -0.25) is 4.79 Å². The third-order valence-electron chi connectivity index (χ3n) is 5.33. The number of aromatic hydroxyl groups is 1. The van der Waals surface area contributed by atoms with E-state index in [1.54, 1.807) is 59.4 Å². The van der Waals surface area contributed by atoms with Gasteiger partial charge in [0.05, 0.1) is 10.6 Å². The summed E-state index contributed by atoms with van der Waals surface area (Å²) in [4.78, 5) is 22.2. The first-order chi connectivity index (χ1) is 16.0. The quantitative estimate of drug-likeness (QED) is 0.412. The number of amides is 1. The second-order valence-electron chi connectivity index (χ2n) is 7.51. The molecular formula is C24H19ClN6O2. The lowest BCUT2D eigenvalue weighted by Crippen LogP contribution is -2.31. The van der Waals surface area contributed by atoms with Gasteiger partial charge in [-0.15, -0.1) is 5.10 Å². The molecule has 3 heterocycles. The third kappa shape index (κ3) is 3.92. The SMILES string of the molecule is CC1=C(C(=O)Nc2ccccn2)C(c2ccc(O)cc2)n2nc(-c3ccccc3Cl)nc2N1. The molecule has 3 N–H and O–H groups in total. The van der Waals surface area contributed by atoms with Gasteiger partial charge < -0.3 is 15.7 Å². The molecule has 1 aliphatic heterocycles. The van der Waals surface area contributed by atoms with Gasteiger partial charge in [-0.05, 0) is 48.9 Å². The number of anilines is 2. The number of fused-ring (bicyclic) bond motifs is 1. The molecule has 0 bridgehead atoms. The Hall–Kier alpha value is -4.17. The van der Waals surface area contributed by atoms with Gasteiger partial charge in [-0.25, -0.2) is 9.67 Å². The first kappa shape index (κ1) is 20.7. The summed E-state index contributed by atoms with van der Waals surface area (Å²) < 4.78 is 1.66. The number of nitrogens with one attached hydrogen (secondary N) is 2. The first-order valence-corrected chi connectivity index (χ1v) is 10.6. The lowest BCUT2D eigenvalue weighted by molar-refractivity contribution is -0.113. The highest BCUT2D eigenvalue weighted by Gasteiger charge is 2.34. The number of carbonyl (C=O) groups excluding carboxylic acids is 1. The molecule has 0 aliphatic carbocycles. The summed E-state index contributed by atoms with van der Waals surface area (Å²) in [5.41, 5.74) is 2.53. The zero-order chi connectivity index (χ0) is 22.9. The molecule has 9 heteroatoms. The fourth-order valence-electron chi connectivity index (χ4n) is 3.79. The van der Waals surface area contributed by atoms with Gasteiger partial charge >= 0.3 is 0 Å². The van der Waals surface area contributed by atoms with Crippen LogP contribution in [0.3, 0.4) is 0 Å². The van der Waals surface area contributed by atoms with Crippen LogP contribution in [0.15, 0.2) is 84.2 Å².